The molecule has 0 aromatic rings. The summed E-state index contributed by atoms with van der Waals surface area (Å²) in [6.07, 6.45) is 6.32. The van der Waals surface area contributed by atoms with E-state index in [-0.39, 0.29) is 25.0 Å². The van der Waals surface area contributed by atoms with E-state index in [9.17, 15) is 4.79 Å². The maximum Gasteiger partial charge on any atom is 0.226 e. The smallest absolute Gasteiger partial charge is 0.226 e. The van der Waals surface area contributed by atoms with Gasteiger partial charge in [-0.05, 0) is 55.8 Å². The van der Waals surface area contributed by atoms with Gasteiger partial charge in [-0.15, -0.1) is 0 Å². The lowest BCUT2D eigenvalue weighted by Gasteiger charge is -2.54. The molecule has 19 heavy (non-hydrogen) atoms. The van der Waals surface area contributed by atoms with E-state index in [0.717, 1.165) is 11.8 Å². The lowest BCUT2D eigenvalue weighted by molar-refractivity contribution is -0.150. The summed E-state index contributed by atoms with van der Waals surface area (Å²) in [5, 5.41) is 18.2. The number of hydrogen-bond acceptors (Lipinski definition) is 3. The zero-order chi connectivity index (χ0) is 13.4. The largest absolute Gasteiger partial charge is 0.395 e. The van der Waals surface area contributed by atoms with Gasteiger partial charge in [-0.2, -0.15) is 0 Å². The van der Waals surface area contributed by atoms with Crippen LogP contribution in [0.5, 0.6) is 0 Å². The summed E-state index contributed by atoms with van der Waals surface area (Å²) in [5.41, 5.74) is 0. The second-order valence-corrected chi connectivity index (χ2v) is 6.73. The fourth-order valence-corrected chi connectivity index (χ4v) is 5.11. The maximum absolute atomic E-state index is 12.7. The molecule has 4 saturated carbocycles. The molecule has 4 heteroatoms. The Bertz CT molecular complexity index is 310. The highest BCUT2D eigenvalue weighted by Crippen LogP contribution is 2.56. The molecule has 0 heterocycles. The van der Waals surface area contributed by atoms with Crippen molar-refractivity contribution in [2.24, 2.45) is 29.6 Å². The molecule has 0 radical (unpaired) electrons. The van der Waals surface area contributed by atoms with Crippen LogP contribution in [-0.2, 0) is 4.79 Å². The summed E-state index contributed by atoms with van der Waals surface area (Å²) in [7, 11) is 0. The highest BCUT2D eigenvalue weighted by molar-refractivity contribution is 5.80. The van der Waals surface area contributed by atoms with Gasteiger partial charge in [-0.3, -0.25) is 4.79 Å². The SMILES string of the molecule is O=C(C1C2CC3CC(C2)CC1C3)N(CCO)CCO. The number of rotatable bonds is 5. The van der Waals surface area contributed by atoms with Gasteiger partial charge in [0.1, 0.15) is 0 Å². The first kappa shape index (κ1) is 13.4. The van der Waals surface area contributed by atoms with Crippen molar-refractivity contribution in [3.8, 4) is 0 Å². The monoisotopic (exact) mass is 267 g/mol. The van der Waals surface area contributed by atoms with E-state index < -0.39 is 0 Å². The van der Waals surface area contributed by atoms with Crippen molar-refractivity contribution < 1.29 is 15.0 Å². The van der Waals surface area contributed by atoms with Gasteiger partial charge in [0.25, 0.3) is 0 Å². The van der Waals surface area contributed by atoms with Crippen LogP contribution in [0.15, 0.2) is 0 Å². The predicted octanol–water partition coefficient (Wildman–Crippen LogP) is 0.872. The van der Waals surface area contributed by atoms with Gasteiger partial charge in [-0.25, -0.2) is 0 Å². The zero-order valence-electron chi connectivity index (χ0n) is 11.5. The first-order chi connectivity index (χ1) is 9.22. The van der Waals surface area contributed by atoms with Crippen molar-refractivity contribution in [2.45, 2.75) is 32.1 Å². The predicted molar refractivity (Wildman–Crippen MR) is 71.3 cm³/mol. The molecule has 4 aliphatic carbocycles. The quantitative estimate of drug-likeness (QED) is 0.777. The molecule has 4 nitrogen and oxygen atoms in total. The number of carbonyl (C=O) groups excluding carboxylic acids is 1. The fraction of sp³-hybridized carbons (Fsp3) is 0.933. The summed E-state index contributed by atoms with van der Waals surface area (Å²) < 4.78 is 0. The second kappa shape index (κ2) is 5.41. The van der Waals surface area contributed by atoms with Crippen molar-refractivity contribution in [1.29, 1.82) is 0 Å². The van der Waals surface area contributed by atoms with Crippen molar-refractivity contribution in [1.82, 2.24) is 4.90 Å². The molecule has 0 aliphatic heterocycles. The molecular weight excluding hydrogens is 242 g/mol. The molecule has 1 amide bonds. The van der Waals surface area contributed by atoms with Gasteiger partial charge in [0.05, 0.1) is 13.2 Å². The average Bonchev–Trinajstić information content (AvgIpc) is 2.37. The van der Waals surface area contributed by atoms with E-state index in [0.29, 0.717) is 24.9 Å². The molecule has 0 saturated heterocycles. The molecule has 0 unspecified atom stereocenters. The molecule has 4 fully saturated rings. The molecule has 0 atom stereocenters. The van der Waals surface area contributed by atoms with Crippen molar-refractivity contribution >= 4 is 5.91 Å². The van der Waals surface area contributed by atoms with Crippen molar-refractivity contribution in [2.75, 3.05) is 26.3 Å². The van der Waals surface area contributed by atoms with Crippen molar-refractivity contribution in [3.05, 3.63) is 0 Å². The van der Waals surface area contributed by atoms with Crippen molar-refractivity contribution in [3.63, 3.8) is 0 Å². The number of carbonyl (C=O) groups is 1. The highest BCUT2D eigenvalue weighted by Gasteiger charge is 2.51. The molecule has 4 rings (SSSR count). The van der Waals surface area contributed by atoms with E-state index in [4.69, 9.17) is 10.2 Å². The third-order valence-electron chi connectivity index (χ3n) is 5.56. The molecule has 4 aliphatic rings. The van der Waals surface area contributed by atoms with Crippen LogP contribution in [0.4, 0.5) is 0 Å². The normalized spacial score (nSPS) is 39.6. The number of nitrogens with zero attached hydrogens (tertiary/aromatic N) is 1. The Kier molecular flexibility index (Phi) is 3.81. The van der Waals surface area contributed by atoms with Gasteiger partial charge in [-0.1, -0.05) is 0 Å². The molecule has 0 spiro atoms. The lowest BCUT2D eigenvalue weighted by Crippen LogP contribution is -2.52. The molecule has 2 N–H and O–H groups in total. The van der Waals surface area contributed by atoms with Gasteiger partial charge in [0.2, 0.25) is 5.91 Å². The van der Waals surface area contributed by atoms with Crippen LogP contribution < -0.4 is 0 Å². The minimum absolute atomic E-state index is 0.0148. The standard InChI is InChI=1S/C15H25NO3/c17-3-1-16(2-4-18)15(19)14-12-6-10-5-11(8-12)9-13(14)7-10/h10-14,17-18H,1-9H2. The molecule has 0 aromatic carbocycles. The third kappa shape index (κ3) is 2.40. The van der Waals surface area contributed by atoms with Crippen LogP contribution in [0.2, 0.25) is 0 Å². The minimum atomic E-state index is -0.0148. The minimum Gasteiger partial charge on any atom is -0.395 e. The van der Waals surface area contributed by atoms with E-state index in [2.05, 4.69) is 0 Å². The number of amides is 1. The number of aliphatic hydroxyl groups is 2. The Labute approximate surface area is 114 Å². The van der Waals surface area contributed by atoms with Gasteiger partial charge in [0.15, 0.2) is 0 Å². The van der Waals surface area contributed by atoms with Crippen LogP contribution in [0, 0.1) is 29.6 Å². The van der Waals surface area contributed by atoms with Crippen LogP contribution >= 0.6 is 0 Å². The maximum atomic E-state index is 12.7. The Morgan fingerprint density at radius 3 is 1.79 bits per heavy atom. The average molecular weight is 267 g/mol. The first-order valence-corrected chi connectivity index (χ1v) is 7.73. The molecule has 108 valence electrons. The molecule has 4 bridgehead atoms. The Hall–Kier alpha value is -0.610. The summed E-state index contributed by atoms with van der Waals surface area (Å²) in [6.45, 7) is 0.697. The number of aliphatic hydroxyl groups excluding tert-OH is 2. The van der Waals surface area contributed by atoms with Gasteiger partial charge < -0.3 is 15.1 Å². The van der Waals surface area contributed by atoms with E-state index in [1.807, 2.05) is 0 Å². The molecular formula is C15H25NO3. The second-order valence-electron chi connectivity index (χ2n) is 6.73. The molecule has 0 aromatic heterocycles. The van der Waals surface area contributed by atoms with Crippen LogP contribution in [0.3, 0.4) is 0 Å². The van der Waals surface area contributed by atoms with E-state index >= 15 is 0 Å². The zero-order valence-corrected chi connectivity index (χ0v) is 11.5. The van der Waals surface area contributed by atoms with Gasteiger partial charge in [0, 0.05) is 19.0 Å². The summed E-state index contributed by atoms with van der Waals surface area (Å²) >= 11 is 0. The van der Waals surface area contributed by atoms with Crippen LogP contribution in [-0.4, -0.2) is 47.3 Å². The summed E-state index contributed by atoms with van der Waals surface area (Å²) in [6, 6.07) is 0. The Morgan fingerprint density at radius 2 is 1.37 bits per heavy atom. The van der Waals surface area contributed by atoms with Crippen LogP contribution in [0.1, 0.15) is 32.1 Å². The fourth-order valence-electron chi connectivity index (χ4n) is 5.11. The lowest BCUT2D eigenvalue weighted by atomic mass is 9.51. The summed E-state index contributed by atoms with van der Waals surface area (Å²) in [4.78, 5) is 14.4. The number of hydrogen-bond donors (Lipinski definition) is 2. The van der Waals surface area contributed by atoms with E-state index in [1.54, 1.807) is 4.90 Å². The third-order valence-corrected chi connectivity index (χ3v) is 5.56. The van der Waals surface area contributed by atoms with E-state index in [1.165, 1.54) is 32.1 Å². The Morgan fingerprint density at radius 1 is 0.895 bits per heavy atom. The summed E-state index contributed by atoms with van der Waals surface area (Å²) in [5.74, 6) is 3.25. The Balaban J connectivity index is 1.72. The van der Waals surface area contributed by atoms with Gasteiger partial charge >= 0.3 is 0 Å². The highest BCUT2D eigenvalue weighted by atomic mass is 16.3. The van der Waals surface area contributed by atoms with Crippen LogP contribution in [0.25, 0.3) is 0 Å². The first-order valence-electron chi connectivity index (χ1n) is 7.73. The topological polar surface area (TPSA) is 60.8 Å².